The zero-order valence-electron chi connectivity index (χ0n) is 8.49. The first-order valence-electron chi connectivity index (χ1n) is 5.25. The monoisotopic (exact) mass is 208 g/mol. The third kappa shape index (κ3) is 1.90. The Morgan fingerprint density at radius 3 is 3.14 bits per heavy atom. The minimum Gasteiger partial charge on any atom is -0.494 e. The molecule has 0 N–H and O–H groups in total. The van der Waals surface area contributed by atoms with Crippen LogP contribution in [-0.4, -0.2) is 6.61 Å². The van der Waals surface area contributed by atoms with E-state index in [4.69, 9.17) is 4.74 Å². The van der Waals surface area contributed by atoms with Crippen molar-refractivity contribution in [2.24, 2.45) is 0 Å². The molecule has 0 radical (unpaired) electrons. The molecule has 1 atom stereocenters. The zero-order valence-corrected chi connectivity index (χ0v) is 9.39. The molecule has 2 heteroatoms. The quantitative estimate of drug-likeness (QED) is 0.733. The number of ether oxygens (including phenoxy) is 1. The Balaban J connectivity index is 2.31. The minimum absolute atomic E-state index is 0.402. The summed E-state index contributed by atoms with van der Waals surface area (Å²) in [4.78, 5) is 0. The van der Waals surface area contributed by atoms with Crippen molar-refractivity contribution < 1.29 is 4.74 Å². The topological polar surface area (TPSA) is 9.23 Å². The summed E-state index contributed by atoms with van der Waals surface area (Å²) in [5, 5.41) is 0.402. The number of aryl methyl sites for hydroxylation is 1. The SMILES string of the molecule is CCOc1ccc2c(c1)C(S)CCC2. The van der Waals surface area contributed by atoms with Gasteiger partial charge in [0.05, 0.1) is 6.61 Å². The standard InChI is InChI=1S/C12H16OS/c1-2-13-10-7-6-9-4-3-5-12(14)11(9)8-10/h6-8,12,14H,2-5H2,1H3. The van der Waals surface area contributed by atoms with Crippen molar-refractivity contribution in [1.29, 1.82) is 0 Å². The highest BCUT2D eigenvalue weighted by Crippen LogP contribution is 2.36. The lowest BCUT2D eigenvalue weighted by atomic mass is 9.91. The van der Waals surface area contributed by atoms with Gasteiger partial charge in [-0.15, -0.1) is 0 Å². The van der Waals surface area contributed by atoms with E-state index in [0.29, 0.717) is 5.25 Å². The van der Waals surface area contributed by atoms with E-state index in [2.05, 4.69) is 30.8 Å². The summed E-state index contributed by atoms with van der Waals surface area (Å²) < 4.78 is 5.49. The molecular weight excluding hydrogens is 192 g/mol. The predicted molar refractivity (Wildman–Crippen MR) is 62.3 cm³/mol. The number of thiol groups is 1. The van der Waals surface area contributed by atoms with Gasteiger partial charge >= 0.3 is 0 Å². The van der Waals surface area contributed by atoms with Crippen molar-refractivity contribution >= 4 is 12.6 Å². The van der Waals surface area contributed by atoms with Gasteiger partial charge in [0.2, 0.25) is 0 Å². The summed E-state index contributed by atoms with van der Waals surface area (Å²) in [7, 11) is 0. The van der Waals surface area contributed by atoms with Crippen LogP contribution < -0.4 is 4.74 Å². The molecular formula is C12H16OS. The largest absolute Gasteiger partial charge is 0.494 e. The van der Waals surface area contributed by atoms with Crippen LogP contribution in [0, 0.1) is 0 Å². The maximum absolute atomic E-state index is 5.49. The Labute approximate surface area is 90.9 Å². The average Bonchev–Trinajstić information content (AvgIpc) is 2.20. The first-order chi connectivity index (χ1) is 6.81. The van der Waals surface area contributed by atoms with E-state index in [9.17, 15) is 0 Å². The second-order valence-corrected chi connectivity index (χ2v) is 4.33. The number of hydrogen-bond donors (Lipinski definition) is 1. The highest BCUT2D eigenvalue weighted by Gasteiger charge is 2.17. The van der Waals surface area contributed by atoms with Crippen LogP contribution in [0.5, 0.6) is 5.75 Å². The van der Waals surface area contributed by atoms with Crippen molar-refractivity contribution in [3.63, 3.8) is 0 Å². The number of hydrogen-bond acceptors (Lipinski definition) is 2. The Morgan fingerprint density at radius 2 is 2.36 bits per heavy atom. The van der Waals surface area contributed by atoms with E-state index in [1.54, 1.807) is 0 Å². The molecule has 0 spiro atoms. The molecule has 14 heavy (non-hydrogen) atoms. The lowest BCUT2D eigenvalue weighted by Gasteiger charge is -2.22. The molecule has 0 aromatic heterocycles. The van der Waals surface area contributed by atoms with Gasteiger partial charge < -0.3 is 4.74 Å². The highest BCUT2D eigenvalue weighted by molar-refractivity contribution is 7.80. The van der Waals surface area contributed by atoms with E-state index in [-0.39, 0.29) is 0 Å². The summed E-state index contributed by atoms with van der Waals surface area (Å²) in [6.07, 6.45) is 3.64. The number of benzene rings is 1. The van der Waals surface area contributed by atoms with Crippen LogP contribution in [0.4, 0.5) is 0 Å². The molecule has 76 valence electrons. The van der Waals surface area contributed by atoms with Gasteiger partial charge in [-0.2, -0.15) is 12.6 Å². The van der Waals surface area contributed by atoms with E-state index < -0.39 is 0 Å². The van der Waals surface area contributed by atoms with Gasteiger partial charge in [0, 0.05) is 5.25 Å². The second kappa shape index (κ2) is 4.26. The third-order valence-electron chi connectivity index (χ3n) is 2.71. The molecule has 0 bridgehead atoms. The van der Waals surface area contributed by atoms with E-state index in [1.165, 1.54) is 30.4 Å². The van der Waals surface area contributed by atoms with Gasteiger partial charge in [0.15, 0.2) is 0 Å². The summed E-state index contributed by atoms with van der Waals surface area (Å²) in [6, 6.07) is 6.40. The average molecular weight is 208 g/mol. The van der Waals surface area contributed by atoms with Crippen molar-refractivity contribution in [3.05, 3.63) is 29.3 Å². The molecule has 0 fully saturated rings. The smallest absolute Gasteiger partial charge is 0.119 e. The van der Waals surface area contributed by atoms with Gasteiger partial charge in [0.25, 0.3) is 0 Å². The predicted octanol–water partition coefficient (Wildman–Crippen LogP) is 3.39. The van der Waals surface area contributed by atoms with Gasteiger partial charge in [-0.05, 0) is 49.4 Å². The first kappa shape index (κ1) is 9.91. The molecule has 0 saturated carbocycles. The van der Waals surface area contributed by atoms with E-state index >= 15 is 0 Å². The lowest BCUT2D eigenvalue weighted by molar-refractivity contribution is 0.339. The molecule has 0 aliphatic heterocycles. The van der Waals surface area contributed by atoms with Crippen LogP contribution in [0.3, 0.4) is 0 Å². The molecule has 1 unspecified atom stereocenters. The maximum Gasteiger partial charge on any atom is 0.119 e. The zero-order chi connectivity index (χ0) is 9.97. The van der Waals surface area contributed by atoms with Crippen molar-refractivity contribution in [3.8, 4) is 5.75 Å². The molecule has 1 aromatic carbocycles. The molecule has 1 aliphatic carbocycles. The Kier molecular flexibility index (Phi) is 3.02. The summed E-state index contributed by atoms with van der Waals surface area (Å²) in [5.41, 5.74) is 2.81. The van der Waals surface area contributed by atoms with Crippen LogP contribution in [0.25, 0.3) is 0 Å². The van der Waals surface area contributed by atoms with Crippen LogP contribution in [-0.2, 0) is 6.42 Å². The van der Waals surface area contributed by atoms with Gasteiger partial charge in [-0.1, -0.05) is 6.07 Å². The highest BCUT2D eigenvalue weighted by atomic mass is 32.1. The Hall–Kier alpha value is -0.630. The van der Waals surface area contributed by atoms with Crippen LogP contribution in [0.15, 0.2) is 18.2 Å². The van der Waals surface area contributed by atoms with E-state index in [0.717, 1.165) is 12.4 Å². The maximum atomic E-state index is 5.49. The second-order valence-electron chi connectivity index (χ2n) is 3.70. The normalized spacial score (nSPS) is 20.3. The fourth-order valence-corrected chi connectivity index (χ4v) is 2.43. The molecule has 1 nitrogen and oxygen atoms in total. The number of fused-ring (bicyclic) bond motifs is 1. The fourth-order valence-electron chi connectivity index (χ4n) is 2.01. The third-order valence-corrected chi connectivity index (χ3v) is 3.25. The Morgan fingerprint density at radius 1 is 1.50 bits per heavy atom. The van der Waals surface area contributed by atoms with Crippen molar-refractivity contribution in [2.75, 3.05) is 6.61 Å². The van der Waals surface area contributed by atoms with Gasteiger partial charge in [0.1, 0.15) is 5.75 Å². The first-order valence-corrected chi connectivity index (χ1v) is 5.76. The van der Waals surface area contributed by atoms with Gasteiger partial charge in [-0.3, -0.25) is 0 Å². The number of rotatable bonds is 2. The fraction of sp³-hybridized carbons (Fsp3) is 0.500. The summed E-state index contributed by atoms with van der Waals surface area (Å²) >= 11 is 4.60. The minimum atomic E-state index is 0.402. The lowest BCUT2D eigenvalue weighted by Crippen LogP contribution is -2.05. The van der Waals surface area contributed by atoms with Gasteiger partial charge in [-0.25, -0.2) is 0 Å². The van der Waals surface area contributed by atoms with E-state index in [1.807, 2.05) is 6.92 Å². The van der Waals surface area contributed by atoms with Crippen LogP contribution >= 0.6 is 12.6 Å². The molecule has 2 rings (SSSR count). The summed E-state index contributed by atoms with van der Waals surface area (Å²) in [6.45, 7) is 2.74. The molecule has 0 amide bonds. The molecule has 1 aliphatic rings. The molecule has 0 heterocycles. The van der Waals surface area contributed by atoms with Crippen LogP contribution in [0.2, 0.25) is 0 Å². The molecule has 1 aromatic rings. The van der Waals surface area contributed by atoms with Crippen molar-refractivity contribution in [1.82, 2.24) is 0 Å². The van der Waals surface area contributed by atoms with Crippen LogP contribution in [0.1, 0.15) is 36.1 Å². The molecule has 0 saturated heterocycles. The Bertz CT molecular complexity index is 322. The van der Waals surface area contributed by atoms with Crippen molar-refractivity contribution in [2.45, 2.75) is 31.4 Å². The summed E-state index contributed by atoms with van der Waals surface area (Å²) in [5.74, 6) is 0.979.